The van der Waals surface area contributed by atoms with Crippen LogP contribution in [0.15, 0.2) is 47.7 Å². The van der Waals surface area contributed by atoms with Crippen LogP contribution in [0, 0.1) is 5.82 Å². The summed E-state index contributed by atoms with van der Waals surface area (Å²) in [5.74, 6) is -0.532. The lowest BCUT2D eigenvalue weighted by Gasteiger charge is -2.03. The Morgan fingerprint density at radius 2 is 2.11 bits per heavy atom. The summed E-state index contributed by atoms with van der Waals surface area (Å²) in [4.78, 5) is 27.9. The Hall–Kier alpha value is -3.42. The normalized spacial score (nSPS) is 11.3. The second-order valence-corrected chi connectivity index (χ2v) is 6.30. The van der Waals surface area contributed by atoms with E-state index in [1.807, 2.05) is 6.92 Å². The maximum Gasteiger partial charge on any atom is 0.325 e. The van der Waals surface area contributed by atoms with Crippen LogP contribution in [0.4, 0.5) is 9.18 Å². The number of aromatic amines is 1. The van der Waals surface area contributed by atoms with Gasteiger partial charge in [0.25, 0.3) is 5.56 Å². The monoisotopic (exact) mass is 367 g/mol. The number of nitrogens with one attached hydrogen (secondary N) is 2. The van der Waals surface area contributed by atoms with Gasteiger partial charge in [-0.2, -0.15) is 9.78 Å². The smallest absolute Gasteiger partial charge is 0.325 e. The van der Waals surface area contributed by atoms with E-state index in [-0.39, 0.29) is 11.7 Å². The molecular formula is C19H18FN5O2. The van der Waals surface area contributed by atoms with Gasteiger partial charge in [0, 0.05) is 30.5 Å². The van der Waals surface area contributed by atoms with Gasteiger partial charge in [0.1, 0.15) is 17.2 Å². The van der Waals surface area contributed by atoms with E-state index in [2.05, 4.69) is 15.4 Å². The van der Waals surface area contributed by atoms with Crippen molar-refractivity contribution in [2.75, 3.05) is 6.54 Å². The van der Waals surface area contributed by atoms with Crippen LogP contribution in [0.2, 0.25) is 0 Å². The molecule has 7 nitrogen and oxygen atoms in total. The molecule has 0 atom stereocenters. The van der Waals surface area contributed by atoms with Crippen LogP contribution in [0.25, 0.3) is 27.8 Å². The zero-order chi connectivity index (χ0) is 19.0. The summed E-state index contributed by atoms with van der Waals surface area (Å²) < 4.78 is 16.6. The van der Waals surface area contributed by atoms with Gasteiger partial charge in [0.05, 0.1) is 11.1 Å². The first-order chi connectivity index (χ1) is 13.1. The second kappa shape index (κ2) is 6.71. The molecule has 1 amide bonds. The Balaban J connectivity index is 1.80. The summed E-state index contributed by atoms with van der Waals surface area (Å²) in [5.41, 5.74) is 1.07. The maximum absolute atomic E-state index is 14.1. The molecule has 0 fully saturated rings. The van der Waals surface area contributed by atoms with Gasteiger partial charge in [0.2, 0.25) is 0 Å². The lowest BCUT2D eigenvalue weighted by molar-refractivity contribution is 0.242. The number of fused-ring (bicyclic) bond motifs is 3. The number of carbonyl (C=O) groups excluding carboxylic acids is 1. The molecule has 1 aromatic heterocycles. The molecule has 4 rings (SSSR count). The molecule has 3 heterocycles. The van der Waals surface area contributed by atoms with Gasteiger partial charge in [-0.3, -0.25) is 9.36 Å². The Morgan fingerprint density at radius 3 is 2.89 bits per heavy atom. The van der Waals surface area contributed by atoms with E-state index in [4.69, 9.17) is 0 Å². The first kappa shape index (κ1) is 17.0. The van der Waals surface area contributed by atoms with Gasteiger partial charge in [0.15, 0.2) is 0 Å². The van der Waals surface area contributed by atoms with Crippen molar-refractivity contribution in [2.24, 2.45) is 0 Å². The van der Waals surface area contributed by atoms with E-state index in [0.29, 0.717) is 28.7 Å². The number of unbranched alkanes of at least 4 members (excludes halogenated alkanes) is 1. The van der Waals surface area contributed by atoms with E-state index in [1.165, 1.54) is 22.9 Å². The van der Waals surface area contributed by atoms with E-state index in [9.17, 15) is 14.0 Å². The van der Waals surface area contributed by atoms with Gasteiger partial charge in [-0.25, -0.2) is 9.18 Å². The first-order valence-electron chi connectivity index (χ1n) is 8.75. The number of para-hydroxylation sites is 1. The lowest BCUT2D eigenvalue weighted by Crippen LogP contribution is -2.28. The molecule has 0 radical (unpaired) electrons. The van der Waals surface area contributed by atoms with E-state index < -0.39 is 11.4 Å². The van der Waals surface area contributed by atoms with E-state index >= 15 is 0 Å². The van der Waals surface area contributed by atoms with Crippen LogP contribution < -0.4 is 10.9 Å². The average molecular weight is 367 g/mol. The molecule has 2 N–H and O–H groups in total. The predicted octanol–water partition coefficient (Wildman–Crippen LogP) is 3.12. The molecule has 0 bridgehead atoms. The molecular weight excluding hydrogens is 349 g/mol. The van der Waals surface area contributed by atoms with Gasteiger partial charge in [-0.05, 0) is 18.6 Å². The topological polar surface area (TPSA) is 84.7 Å². The number of hydrogen-bond acceptors (Lipinski definition) is 3. The summed E-state index contributed by atoms with van der Waals surface area (Å²) in [6, 6.07) is 5.71. The van der Waals surface area contributed by atoms with Crippen molar-refractivity contribution in [2.45, 2.75) is 19.8 Å². The fourth-order valence-corrected chi connectivity index (χ4v) is 3.02. The number of aromatic nitrogens is 4. The fraction of sp³-hybridized carbons (Fsp3) is 0.211. The van der Waals surface area contributed by atoms with Crippen LogP contribution in [-0.4, -0.2) is 31.9 Å². The average Bonchev–Trinajstić information content (AvgIpc) is 3.24. The lowest BCUT2D eigenvalue weighted by atomic mass is 10.1. The van der Waals surface area contributed by atoms with Crippen LogP contribution >= 0.6 is 0 Å². The summed E-state index contributed by atoms with van der Waals surface area (Å²) in [6.45, 7) is 2.64. The Morgan fingerprint density at radius 1 is 1.30 bits per heavy atom. The minimum atomic E-state index is -0.532. The molecule has 2 aliphatic heterocycles. The highest BCUT2D eigenvalue weighted by Gasteiger charge is 2.21. The van der Waals surface area contributed by atoms with Crippen molar-refractivity contribution in [3.63, 3.8) is 0 Å². The van der Waals surface area contributed by atoms with Crippen molar-refractivity contribution in [3.8, 4) is 16.9 Å². The largest absolute Gasteiger partial charge is 0.359 e. The third kappa shape index (κ3) is 2.88. The summed E-state index contributed by atoms with van der Waals surface area (Å²) in [7, 11) is 0. The van der Waals surface area contributed by atoms with Gasteiger partial charge < -0.3 is 10.3 Å². The minimum absolute atomic E-state index is 0.0867. The zero-order valence-electron chi connectivity index (χ0n) is 14.7. The molecule has 0 saturated heterocycles. The maximum atomic E-state index is 14.1. The molecule has 0 unspecified atom stereocenters. The van der Waals surface area contributed by atoms with Crippen LogP contribution in [0.1, 0.15) is 19.8 Å². The zero-order valence-corrected chi connectivity index (χ0v) is 14.7. The molecule has 2 aliphatic rings. The molecule has 0 saturated carbocycles. The number of amides is 1. The van der Waals surface area contributed by atoms with Crippen molar-refractivity contribution in [3.05, 3.63) is 59.0 Å². The molecule has 0 spiro atoms. The van der Waals surface area contributed by atoms with E-state index in [0.717, 1.165) is 17.5 Å². The molecule has 8 heteroatoms. The van der Waals surface area contributed by atoms with Gasteiger partial charge >= 0.3 is 6.03 Å². The Bertz CT molecular complexity index is 1160. The molecule has 2 aromatic rings. The summed E-state index contributed by atoms with van der Waals surface area (Å²) >= 11 is 0. The predicted molar refractivity (Wildman–Crippen MR) is 100.0 cm³/mol. The van der Waals surface area contributed by atoms with Gasteiger partial charge in [-0.1, -0.05) is 25.5 Å². The molecule has 1 aromatic carbocycles. The minimum Gasteiger partial charge on any atom is -0.359 e. The number of halogens is 1. The van der Waals surface area contributed by atoms with Crippen LogP contribution in [0.3, 0.4) is 0 Å². The van der Waals surface area contributed by atoms with Crippen LogP contribution in [0.5, 0.6) is 0 Å². The highest BCUT2D eigenvalue weighted by Crippen LogP contribution is 2.27. The number of benzene rings is 1. The number of nitrogens with zero attached hydrogens (tertiary/aromatic N) is 3. The van der Waals surface area contributed by atoms with Gasteiger partial charge in [-0.15, -0.1) is 0 Å². The number of H-pyrrole nitrogens is 1. The van der Waals surface area contributed by atoms with E-state index in [1.54, 1.807) is 24.5 Å². The quantitative estimate of drug-likeness (QED) is 0.544. The number of carbonyl (C=O) groups is 1. The van der Waals surface area contributed by atoms with Crippen LogP contribution in [-0.2, 0) is 0 Å². The number of pyridine rings is 1. The van der Waals surface area contributed by atoms with Crippen molar-refractivity contribution >= 4 is 16.9 Å². The number of rotatable bonds is 4. The fourth-order valence-electron chi connectivity index (χ4n) is 3.02. The molecule has 0 aliphatic carbocycles. The third-order valence-corrected chi connectivity index (χ3v) is 4.45. The Labute approximate surface area is 153 Å². The highest BCUT2D eigenvalue weighted by molar-refractivity contribution is 5.95. The number of hydrogen-bond donors (Lipinski definition) is 2. The molecule has 27 heavy (non-hydrogen) atoms. The van der Waals surface area contributed by atoms with Crippen molar-refractivity contribution < 1.29 is 9.18 Å². The second-order valence-electron chi connectivity index (χ2n) is 6.30. The molecule has 138 valence electrons. The van der Waals surface area contributed by atoms with Crippen molar-refractivity contribution in [1.29, 1.82) is 0 Å². The standard InChI is InChI=1S/C19H18FN5O2/c1-2-3-8-21-19(27)24-10-13-15(11-24)22-9-12-17(13)23-25(18(12)26)16-7-5-4-6-14(16)20/h4-7,9-11,22H,2-3,8H2,1H3,(H,21,27). The summed E-state index contributed by atoms with van der Waals surface area (Å²) in [5, 5.41) is 7.77. The van der Waals surface area contributed by atoms with Crippen molar-refractivity contribution in [1.82, 2.24) is 24.6 Å². The third-order valence-electron chi connectivity index (χ3n) is 4.45. The highest BCUT2D eigenvalue weighted by atomic mass is 19.1. The first-order valence-corrected chi connectivity index (χ1v) is 8.75. The summed E-state index contributed by atoms with van der Waals surface area (Å²) in [6.07, 6.45) is 6.68. The Kier molecular flexibility index (Phi) is 4.23. The SMILES string of the molecule is CCCCNC(=O)n1cc2[nH]cc3c(=O)n(-c4ccccc4F)nc-3c2c1.